The number of amides is 3. The van der Waals surface area contributed by atoms with E-state index in [-0.39, 0.29) is 71.2 Å². The van der Waals surface area contributed by atoms with Gasteiger partial charge in [-0.1, -0.05) is 97.8 Å². The Hall–Kier alpha value is -0.290. The molecule has 0 aliphatic rings. The molecule has 16 heteroatoms. The van der Waals surface area contributed by atoms with Crippen molar-refractivity contribution in [2.75, 3.05) is 20.7 Å². The molecule has 13 nitrogen and oxygen atoms in total. The SMILES string of the molecule is CCC(NC(=O)CCCCCCCCCCCCCCC(C)C)N(C)C.NC(=O)CC(C(N)=O)S(=O)(=O)[O-].O=C([O-])CO.[Na+].[Na+]. The van der Waals surface area contributed by atoms with Crippen LogP contribution < -0.4 is 81.0 Å². The Morgan fingerprint density at radius 3 is 1.44 bits per heavy atom. The van der Waals surface area contributed by atoms with Gasteiger partial charge in [0.15, 0.2) is 0 Å². The van der Waals surface area contributed by atoms with Gasteiger partial charge in [0.1, 0.15) is 15.4 Å². The maximum atomic E-state index is 11.9. The Morgan fingerprint density at radius 1 is 0.822 bits per heavy atom. The van der Waals surface area contributed by atoms with Crippen molar-refractivity contribution < 1.29 is 101 Å². The van der Waals surface area contributed by atoms with Gasteiger partial charge in [0, 0.05) is 6.42 Å². The summed E-state index contributed by atoms with van der Waals surface area (Å²) in [6.45, 7) is 5.86. The summed E-state index contributed by atoms with van der Waals surface area (Å²) in [5.41, 5.74) is 9.12. The minimum atomic E-state index is -4.88. The maximum absolute atomic E-state index is 11.9. The summed E-state index contributed by atoms with van der Waals surface area (Å²) in [4.78, 5) is 43.5. The van der Waals surface area contributed by atoms with Gasteiger partial charge in [0.25, 0.3) is 0 Å². The minimum Gasteiger partial charge on any atom is -0.747 e. The van der Waals surface area contributed by atoms with Crippen LogP contribution in [0.3, 0.4) is 0 Å². The Kier molecular flexibility index (Phi) is 42.2. The van der Waals surface area contributed by atoms with E-state index in [2.05, 4.69) is 42.5 Å². The van der Waals surface area contributed by atoms with Gasteiger partial charge in [0.2, 0.25) is 17.7 Å². The molecular weight excluding hydrogens is 626 g/mol. The van der Waals surface area contributed by atoms with E-state index in [0.29, 0.717) is 6.42 Å². The fourth-order valence-electron chi connectivity index (χ4n) is 3.99. The van der Waals surface area contributed by atoms with Gasteiger partial charge in [-0.25, -0.2) is 8.42 Å². The second-order valence-corrected chi connectivity index (χ2v) is 12.8. The Balaban J connectivity index is -0.000000233. The molecule has 0 heterocycles. The summed E-state index contributed by atoms with van der Waals surface area (Å²) in [7, 11) is -0.854. The molecule has 2 unspecified atom stereocenters. The fourth-order valence-corrected chi connectivity index (χ4v) is 4.64. The van der Waals surface area contributed by atoms with E-state index in [1.807, 2.05) is 14.1 Å². The molecule has 6 N–H and O–H groups in total. The second kappa shape index (κ2) is 35.0. The zero-order valence-electron chi connectivity index (χ0n) is 29.0. The van der Waals surface area contributed by atoms with Gasteiger partial charge in [-0.2, -0.15) is 0 Å². The number of primary amides is 2. The van der Waals surface area contributed by atoms with Crippen molar-refractivity contribution in [3.05, 3.63) is 0 Å². The topological polar surface area (TPSA) is 236 Å². The Bertz CT molecular complexity index is 865. The average Bonchev–Trinajstić information content (AvgIpc) is 2.90. The molecule has 0 bridgehead atoms. The minimum absolute atomic E-state index is 0. The van der Waals surface area contributed by atoms with Crippen LogP contribution in [-0.4, -0.2) is 78.8 Å². The van der Waals surface area contributed by atoms with Gasteiger partial charge < -0.3 is 36.3 Å². The van der Waals surface area contributed by atoms with Crippen LogP contribution in [0.25, 0.3) is 0 Å². The van der Waals surface area contributed by atoms with Gasteiger partial charge in [-0.05, 0) is 32.9 Å². The van der Waals surface area contributed by atoms with Crippen LogP contribution in [0.4, 0.5) is 0 Å². The number of nitrogens with one attached hydrogen (secondary N) is 1. The maximum Gasteiger partial charge on any atom is 1.00 e. The van der Waals surface area contributed by atoms with Gasteiger partial charge >= 0.3 is 59.1 Å². The van der Waals surface area contributed by atoms with Crippen LogP contribution >= 0.6 is 0 Å². The zero-order valence-corrected chi connectivity index (χ0v) is 33.8. The number of hydrogen-bond donors (Lipinski definition) is 4. The number of rotatable bonds is 23. The summed E-state index contributed by atoms with van der Waals surface area (Å²) >= 11 is 0. The van der Waals surface area contributed by atoms with Crippen LogP contribution in [0.1, 0.15) is 124 Å². The number of aliphatic carboxylic acids is 1. The molecule has 0 aromatic carbocycles. The number of carbonyl (C=O) groups is 4. The fraction of sp³-hybridized carbons (Fsp3) is 0.862. The van der Waals surface area contributed by atoms with E-state index >= 15 is 0 Å². The average molecular weight is 685 g/mol. The van der Waals surface area contributed by atoms with Crippen LogP contribution in [-0.2, 0) is 29.3 Å². The van der Waals surface area contributed by atoms with Crippen molar-refractivity contribution in [2.45, 2.75) is 135 Å². The van der Waals surface area contributed by atoms with Gasteiger partial charge in [0.05, 0.1) is 25.2 Å². The van der Waals surface area contributed by atoms with Gasteiger partial charge in [-0.3, -0.25) is 19.3 Å². The number of aliphatic hydroxyl groups excluding tert-OH is 1. The monoisotopic (exact) mass is 684 g/mol. The number of carbonyl (C=O) groups excluding carboxylic acids is 4. The molecular formula is C29H58N4Na2O9S. The number of nitrogens with zero attached hydrogens (tertiary/aromatic N) is 1. The zero-order chi connectivity index (χ0) is 33.8. The molecule has 2 atom stereocenters. The number of nitrogens with two attached hydrogens (primary N) is 2. The number of carboxylic acids is 1. The molecule has 3 amide bonds. The number of unbranched alkanes of at least 4 members (excludes halogenated alkanes) is 11. The molecule has 256 valence electrons. The summed E-state index contributed by atoms with van der Waals surface area (Å²) in [6.07, 6.45) is 18.5. The Labute approximate surface area is 316 Å². The van der Waals surface area contributed by atoms with E-state index in [9.17, 15) is 27.4 Å². The van der Waals surface area contributed by atoms with Gasteiger partial charge in [-0.15, -0.1) is 0 Å². The smallest absolute Gasteiger partial charge is 0.747 e. The third kappa shape index (κ3) is 41.7. The first-order valence-electron chi connectivity index (χ1n) is 15.3. The second-order valence-electron chi connectivity index (χ2n) is 11.2. The van der Waals surface area contributed by atoms with Crippen molar-refractivity contribution in [3.63, 3.8) is 0 Å². The molecule has 0 aromatic heterocycles. The number of hydrogen-bond acceptors (Lipinski definition) is 10. The molecule has 0 fully saturated rings. The predicted molar refractivity (Wildman–Crippen MR) is 164 cm³/mol. The quantitative estimate of drug-likeness (QED) is 0.0348. The molecule has 0 saturated heterocycles. The van der Waals surface area contributed by atoms with E-state index in [1.165, 1.54) is 77.0 Å². The summed E-state index contributed by atoms with van der Waals surface area (Å²) in [6, 6.07) is 0. The van der Waals surface area contributed by atoms with Crippen molar-refractivity contribution in [1.29, 1.82) is 0 Å². The van der Waals surface area contributed by atoms with E-state index in [1.54, 1.807) is 0 Å². The normalized spacial score (nSPS) is 11.8. The molecule has 0 rings (SSSR count). The standard InChI is InChI=1S/C23H48N2O.C4H8N2O5S.C2H4O3.2Na/c1-6-22(25(4)5)24-23(26)20-18-16-14-12-10-8-7-9-11-13-15-17-19-21(2)3;5-3(7)1-2(4(6)8)12(9,10)11;3-1-2(4)5;;/h21-22H,6-20H2,1-5H3,(H,24,26);2H,1H2,(H2,5,7)(H2,6,8)(H,9,10,11);3H,1H2,(H,4,5);;/q;;;2*+1/p-2. The molecule has 0 radical (unpaired) electrons. The summed E-state index contributed by atoms with van der Waals surface area (Å²) in [5.74, 6) is -2.80. The molecule has 0 aliphatic carbocycles. The Morgan fingerprint density at radius 2 is 1.20 bits per heavy atom. The van der Waals surface area contributed by atoms with E-state index < -0.39 is 46.2 Å². The predicted octanol–water partition coefficient (Wildman–Crippen LogP) is -4.48. The number of carboxylic acid groups (broad SMARTS) is 1. The van der Waals surface area contributed by atoms with Crippen LogP contribution in [0.15, 0.2) is 0 Å². The first-order chi connectivity index (χ1) is 20.0. The van der Waals surface area contributed by atoms with Crippen molar-refractivity contribution in [1.82, 2.24) is 10.2 Å². The molecule has 0 aromatic rings. The van der Waals surface area contributed by atoms with Crippen LogP contribution in [0.2, 0.25) is 0 Å². The van der Waals surface area contributed by atoms with Crippen molar-refractivity contribution in [2.24, 2.45) is 17.4 Å². The van der Waals surface area contributed by atoms with Crippen LogP contribution in [0, 0.1) is 5.92 Å². The first kappa shape index (κ1) is 54.2. The summed E-state index contributed by atoms with van der Waals surface area (Å²) in [5, 5.41) is 17.5. The van der Waals surface area contributed by atoms with Crippen LogP contribution in [0.5, 0.6) is 0 Å². The van der Waals surface area contributed by atoms with Crippen molar-refractivity contribution in [3.8, 4) is 0 Å². The van der Waals surface area contributed by atoms with E-state index in [0.717, 1.165) is 18.8 Å². The molecule has 0 spiro atoms. The number of aliphatic hydroxyl groups is 1. The third-order valence-electron chi connectivity index (χ3n) is 6.45. The molecule has 45 heavy (non-hydrogen) atoms. The first-order valence-corrected chi connectivity index (χ1v) is 16.7. The van der Waals surface area contributed by atoms with Crippen molar-refractivity contribution >= 4 is 33.8 Å². The van der Waals surface area contributed by atoms with E-state index in [4.69, 9.17) is 15.0 Å². The summed E-state index contributed by atoms with van der Waals surface area (Å²) < 4.78 is 30.7. The third-order valence-corrected chi connectivity index (χ3v) is 7.55. The largest absolute Gasteiger partial charge is 1.00 e. The molecule has 0 aliphatic heterocycles. The molecule has 0 saturated carbocycles.